The first-order chi connectivity index (χ1) is 10.8. The largest absolute Gasteiger partial charge is 0.495 e. The molecular formula is C18H31N3O. The van der Waals surface area contributed by atoms with Crippen molar-refractivity contribution in [1.29, 1.82) is 0 Å². The maximum atomic E-state index is 5.65. The van der Waals surface area contributed by atoms with Gasteiger partial charge in [0.2, 0.25) is 0 Å². The Morgan fingerprint density at radius 2 is 2.00 bits per heavy atom. The number of anilines is 1. The van der Waals surface area contributed by atoms with E-state index in [0.717, 1.165) is 45.0 Å². The Bertz CT molecular complexity index is 444. The molecule has 1 aromatic rings. The second-order valence-electron chi connectivity index (χ2n) is 5.97. The molecule has 0 spiro atoms. The molecule has 1 aliphatic rings. The Morgan fingerprint density at radius 1 is 1.23 bits per heavy atom. The van der Waals surface area contributed by atoms with Gasteiger partial charge in [-0.2, -0.15) is 0 Å². The van der Waals surface area contributed by atoms with Crippen molar-refractivity contribution in [2.24, 2.45) is 0 Å². The van der Waals surface area contributed by atoms with E-state index < -0.39 is 0 Å². The van der Waals surface area contributed by atoms with Gasteiger partial charge < -0.3 is 15.0 Å². The number of benzene rings is 1. The predicted octanol–water partition coefficient (Wildman–Crippen LogP) is 2.73. The van der Waals surface area contributed by atoms with Crippen LogP contribution in [0.2, 0.25) is 0 Å². The lowest BCUT2D eigenvalue weighted by Crippen LogP contribution is -2.43. The lowest BCUT2D eigenvalue weighted by Gasteiger charge is -2.31. The number of ether oxygens (including phenoxy) is 1. The van der Waals surface area contributed by atoms with E-state index in [1.54, 1.807) is 7.11 Å². The van der Waals surface area contributed by atoms with Crippen LogP contribution in [0, 0.1) is 0 Å². The van der Waals surface area contributed by atoms with E-state index in [0.29, 0.717) is 0 Å². The summed E-state index contributed by atoms with van der Waals surface area (Å²) in [6.07, 6.45) is 2.52. The monoisotopic (exact) mass is 305 g/mol. The molecular weight excluding hydrogens is 274 g/mol. The molecule has 0 atom stereocenters. The van der Waals surface area contributed by atoms with Crippen molar-refractivity contribution in [3.05, 3.63) is 23.8 Å². The first-order valence-corrected chi connectivity index (χ1v) is 8.63. The predicted molar refractivity (Wildman–Crippen MR) is 93.9 cm³/mol. The van der Waals surface area contributed by atoms with Gasteiger partial charge in [0, 0.05) is 32.7 Å². The van der Waals surface area contributed by atoms with E-state index >= 15 is 0 Å². The normalized spacial score (nSPS) is 15.4. The summed E-state index contributed by atoms with van der Waals surface area (Å²) in [5.74, 6) is 1.01. The van der Waals surface area contributed by atoms with E-state index in [4.69, 9.17) is 4.74 Å². The van der Waals surface area contributed by atoms with Crippen molar-refractivity contribution in [3.8, 4) is 5.75 Å². The molecule has 1 N–H and O–H groups in total. The summed E-state index contributed by atoms with van der Waals surface area (Å²) in [6.45, 7) is 12.0. The number of nitrogens with zero attached hydrogens (tertiary/aromatic N) is 2. The third kappa shape index (κ3) is 4.62. The molecule has 4 nitrogen and oxygen atoms in total. The first kappa shape index (κ1) is 17.1. The number of hydrogen-bond acceptors (Lipinski definition) is 4. The van der Waals surface area contributed by atoms with Crippen LogP contribution in [0.25, 0.3) is 0 Å². The van der Waals surface area contributed by atoms with E-state index in [2.05, 4.69) is 47.2 Å². The SMILES string of the molecule is CCCCN(CC)Cc1ccc(N2CCNCC2)c(OC)c1. The number of piperazine rings is 1. The topological polar surface area (TPSA) is 27.7 Å². The summed E-state index contributed by atoms with van der Waals surface area (Å²) < 4.78 is 5.65. The smallest absolute Gasteiger partial charge is 0.142 e. The fraction of sp³-hybridized carbons (Fsp3) is 0.667. The summed E-state index contributed by atoms with van der Waals surface area (Å²) >= 11 is 0. The Balaban J connectivity index is 2.07. The number of rotatable bonds is 8. The van der Waals surface area contributed by atoms with Crippen LogP contribution in [-0.4, -0.2) is 51.3 Å². The fourth-order valence-electron chi connectivity index (χ4n) is 2.98. The molecule has 0 saturated carbocycles. The molecule has 1 aromatic carbocycles. The van der Waals surface area contributed by atoms with Gasteiger partial charge in [0.15, 0.2) is 0 Å². The Hall–Kier alpha value is -1.26. The molecule has 2 rings (SSSR count). The molecule has 1 heterocycles. The van der Waals surface area contributed by atoms with Crippen molar-refractivity contribution in [2.75, 3.05) is 51.3 Å². The first-order valence-electron chi connectivity index (χ1n) is 8.63. The van der Waals surface area contributed by atoms with Crippen molar-refractivity contribution in [3.63, 3.8) is 0 Å². The number of methoxy groups -OCH3 is 1. The highest BCUT2D eigenvalue weighted by atomic mass is 16.5. The third-order valence-electron chi connectivity index (χ3n) is 4.38. The van der Waals surface area contributed by atoms with Crippen LogP contribution in [0.3, 0.4) is 0 Å². The minimum absolute atomic E-state index is 1.01. The summed E-state index contributed by atoms with van der Waals surface area (Å²) in [6, 6.07) is 6.70. The highest BCUT2D eigenvalue weighted by Crippen LogP contribution is 2.30. The van der Waals surface area contributed by atoms with E-state index in [1.807, 2.05) is 0 Å². The molecule has 1 fully saturated rings. The van der Waals surface area contributed by atoms with Gasteiger partial charge in [-0.25, -0.2) is 0 Å². The van der Waals surface area contributed by atoms with Gasteiger partial charge in [-0.3, -0.25) is 4.90 Å². The van der Waals surface area contributed by atoms with Crippen molar-refractivity contribution >= 4 is 5.69 Å². The molecule has 4 heteroatoms. The minimum Gasteiger partial charge on any atom is -0.495 e. The van der Waals surface area contributed by atoms with Gasteiger partial charge in [0.1, 0.15) is 5.75 Å². The highest BCUT2D eigenvalue weighted by Gasteiger charge is 2.15. The molecule has 0 radical (unpaired) electrons. The molecule has 1 aliphatic heterocycles. The molecule has 0 bridgehead atoms. The molecule has 0 unspecified atom stereocenters. The highest BCUT2D eigenvalue weighted by molar-refractivity contribution is 5.60. The van der Waals surface area contributed by atoms with Crippen LogP contribution in [0.4, 0.5) is 5.69 Å². The number of unbranched alkanes of at least 4 members (excludes halogenated alkanes) is 1. The minimum atomic E-state index is 1.01. The zero-order valence-corrected chi connectivity index (χ0v) is 14.4. The lowest BCUT2D eigenvalue weighted by atomic mass is 10.1. The van der Waals surface area contributed by atoms with Crippen molar-refractivity contribution in [1.82, 2.24) is 10.2 Å². The standard InChI is InChI=1S/C18H31N3O/c1-4-6-11-20(5-2)15-16-7-8-17(18(14-16)22-3)21-12-9-19-10-13-21/h7-8,14,19H,4-6,9-13,15H2,1-3H3. The molecule has 0 aromatic heterocycles. The van der Waals surface area contributed by atoms with E-state index in [9.17, 15) is 0 Å². The van der Waals surface area contributed by atoms with Crippen molar-refractivity contribution in [2.45, 2.75) is 33.2 Å². The average Bonchev–Trinajstić information content (AvgIpc) is 2.59. The van der Waals surface area contributed by atoms with Crippen LogP contribution in [0.1, 0.15) is 32.3 Å². The fourth-order valence-corrected chi connectivity index (χ4v) is 2.98. The number of nitrogens with one attached hydrogen (secondary N) is 1. The average molecular weight is 305 g/mol. The Morgan fingerprint density at radius 3 is 2.64 bits per heavy atom. The van der Waals surface area contributed by atoms with Gasteiger partial charge in [-0.1, -0.05) is 26.3 Å². The van der Waals surface area contributed by atoms with Gasteiger partial charge in [-0.15, -0.1) is 0 Å². The summed E-state index contributed by atoms with van der Waals surface area (Å²) in [5, 5.41) is 3.40. The second-order valence-corrected chi connectivity index (χ2v) is 5.97. The van der Waals surface area contributed by atoms with E-state index in [1.165, 1.54) is 30.6 Å². The second kappa shape index (κ2) is 9.01. The van der Waals surface area contributed by atoms with Gasteiger partial charge in [0.25, 0.3) is 0 Å². The summed E-state index contributed by atoms with van der Waals surface area (Å²) in [7, 11) is 1.78. The Kier molecular flexibility index (Phi) is 7.00. The third-order valence-corrected chi connectivity index (χ3v) is 4.38. The maximum absolute atomic E-state index is 5.65. The van der Waals surface area contributed by atoms with Crippen molar-refractivity contribution < 1.29 is 4.74 Å². The molecule has 0 amide bonds. The lowest BCUT2D eigenvalue weighted by molar-refractivity contribution is 0.275. The molecule has 0 aliphatic carbocycles. The number of hydrogen-bond donors (Lipinski definition) is 1. The zero-order valence-electron chi connectivity index (χ0n) is 14.4. The van der Waals surface area contributed by atoms with Crippen LogP contribution >= 0.6 is 0 Å². The summed E-state index contributed by atoms with van der Waals surface area (Å²) in [4.78, 5) is 4.91. The summed E-state index contributed by atoms with van der Waals surface area (Å²) in [5.41, 5.74) is 2.57. The molecule has 124 valence electrons. The van der Waals surface area contributed by atoms with E-state index in [-0.39, 0.29) is 0 Å². The Labute approximate surface area is 135 Å². The van der Waals surface area contributed by atoms with Crippen LogP contribution in [0.15, 0.2) is 18.2 Å². The maximum Gasteiger partial charge on any atom is 0.142 e. The quantitative estimate of drug-likeness (QED) is 0.799. The van der Waals surface area contributed by atoms with Crippen LogP contribution in [0.5, 0.6) is 5.75 Å². The van der Waals surface area contributed by atoms with Crippen LogP contribution in [-0.2, 0) is 6.54 Å². The zero-order chi connectivity index (χ0) is 15.8. The van der Waals surface area contributed by atoms with Crippen LogP contribution < -0.4 is 15.0 Å². The molecule has 1 saturated heterocycles. The van der Waals surface area contributed by atoms with Gasteiger partial charge in [-0.05, 0) is 37.2 Å². The van der Waals surface area contributed by atoms with Gasteiger partial charge in [0.05, 0.1) is 12.8 Å². The van der Waals surface area contributed by atoms with Gasteiger partial charge >= 0.3 is 0 Å². The molecule has 22 heavy (non-hydrogen) atoms.